The molecule has 0 radical (unpaired) electrons. The maximum atomic E-state index is 11.7. The zero-order valence-electron chi connectivity index (χ0n) is 16.5. The first-order chi connectivity index (χ1) is 14.9. The Bertz CT molecular complexity index is 874. The predicted octanol–water partition coefficient (Wildman–Crippen LogP) is 1.10. The standard InChI is InChI=1S/C11H16N4O2.C7H6ClN3O3/c12-9-1-2-10(13-7-9)14-11(16)8-15-3-5-17-6-4-15;8-3-7(12)10-6-2-1-5(4-9-6)11(13)14/h1-2,7H,3-6,8,12H2,(H,13,14,16);1-2,4H,3H2,(H,9,10,12). The number of nitrogens with two attached hydrogens (primary N) is 1. The maximum absolute atomic E-state index is 11.7. The molecule has 1 fully saturated rings. The highest BCUT2D eigenvalue weighted by atomic mass is 35.5. The average molecular weight is 452 g/mol. The van der Waals surface area contributed by atoms with E-state index < -0.39 is 10.8 Å². The third-order valence-corrected chi connectivity index (χ3v) is 4.12. The van der Waals surface area contributed by atoms with Gasteiger partial charge in [0.25, 0.3) is 5.69 Å². The van der Waals surface area contributed by atoms with E-state index in [2.05, 4.69) is 25.5 Å². The summed E-state index contributed by atoms with van der Waals surface area (Å²) in [5, 5.41) is 15.3. The molecule has 31 heavy (non-hydrogen) atoms. The number of halogens is 1. The number of carbonyl (C=O) groups excluding carboxylic acids is 2. The molecule has 0 bridgehead atoms. The van der Waals surface area contributed by atoms with Crippen molar-refractivity contribution < 1.29 is 19.2 Å². The number of amides is 2. The number of aromatic nitrogens is 2. The van der Waals surface area contributed by atoms with E-state index in [-0.39, 0.29) is 23.3 Å². The van der Waals surface area contributed by atoms with E-state index in [1.807, 2.05) is 0 Å². The minimum atomic E-state index is -0.569. The van der Waals surface area contributed by atoms with Crippen molar-refractivity contribution in [3.05, 3.63) is 46.8 Å². The van der Waals surface area contributed by atoms with Crippen LogP contribution in [-0.2, 0) is 14.3 Å². The second-order valence-corrected chi connectivity index (χ2v) is 6.52. The number of alkyl halides is 1. The van der Waals surface area contributed by atoms with Crippen LogP contribution >= 0.6 is 11.6 Å². The van der Waals surface area contributed by atoms with Gasteiger partial charge in [-0.15, -0.1) is 11.6 Å². The van der Waals surface area contributed by atoms with Crippen molar-refractivity contribution in [3.8, 4) is 0 Å². The van der Waals surface area contributed by atoms with Crippen LogP contribution in [0.4, 0.5) is 23.0 Å². The molecule has 1 saturated heterocycles. The maximum Gasteiger partial charge on any atom is 0.287 e. The van der Waals surface area contributed by atoms with Gasteiger partial charge < -0.3 is 21.1 Å². The topological polar surface area (TPSA) is 166 Å². The molecule has 166 valence electrons. The second kappa shape index (κ2) is 12.4. The lowest BCUT2D eigenvalue weighted by atomic mass is 10.4. The molecule has 1 aliphatic rings. The number of nitrogen functional groups attached to an aromatic ring is 1. The number of nitro groups is 1. The molecular weight excluding hydrogens is 430 g/mol. The van der Waals surface area contributed by atoms with Crippen LogP contribution in [0.3, 0.4) is 0 Å². The Hall–Kier alpha value is -3.35. The minimum absolute atomic E-state index is 0.0656. The Kier molecular flexibility index (Phi) is 9.55. The summed E-state index contributed by atoms with van der Waals surface area (Å²) in [7, 11) is 0. The Balaban J connectivity index is 0.000000225. The van der Waals surface area contributed by atoms with E-state index in [9.17, 15) is 19.7 Å². The number of ether oxygens (including phenoxy) is 1. The summed E-state index contributed by atoms with van der Waals surface area (Å²) in [6.45, 7) is 3.33. The van der Waals surface area contributed by atoms with Gasteiger partial charge in [-0.25, -0.2) is 9.97 Å². The molecule has 0 spiro atoms. The Morgan fingerprint density at radius 3 is 2.23 bits per heavy atom. The van der Waals surface area contributed by atoms with Gasteiger partial charge in [-0.2, -0.15) is 0 Å². The van der Waals surface area contributed by atoms with E-state index in [0.29, 0.717) is 31.3 Å². The molecule has 2 aromatic rings. The van der Waals surface area contributed by atoms with Crippen molar-refractivity contribution in [2.24, 2.45) is 0 Å². The van der Waals surface area contributed by atoms with Crippen molar-refractivity contribution in [3.63, 3.8) is 0 Å². The number of rotatable bonds is 6. The first-order valence-corrected chi connectivity index (χ1v) is 9.68. The number of morpholine rings is 1. The van der Waals surface area contributed by atoms with E-state index in [1.54, 1.807) is 12.1 Å². The van der Waals surface area contributed by atoms with Gasteiger partial charge in [0.1, 0.15) is 23.7 Å². The third kappa shape index (κ3) is 8.90. The average Bonchev–Trinajstić information content (AvgIpc) is 2.77. The quantitative estimate of drug-likeness (QED) is 0.331. The monoisotopic (exact) mass is 451 g/mol. The van der Waals surface area contributed by atoms with E-state index in [0.717, 1.165) is 19.3 Å². The molecule has 0 unspecified atom stereocenters. The predicted molar refractivity (Wildman–Crippen MR) is 115 cm³/mol. The van der Waals surface area contributed by atoms with Crippen LogP contribution in [0.2, 0.25) is 0 Å². The van der Waals surface area contributed by atoms with E-state index >= 15 is 0 Å². The van der Waals surface area contributed by atoms with E-state index in [4.69, 9.17) is 22.1 Å². The molecule has 0 aromatic carbocycles. The fraction of sp³-hybridized carbons (Fsp3) is 0.333. The number of anilines is 3. The van der Waals surface area contributed by atoms with Crippen LogP contribution in [0.15, 0.2) is 36.7 Å². The van der Waals surface area contributed by atoms with Crippen molar-refractivity contribution >= 4 is 46.4 Å². The van der Waals surface area contributed by atoms with Crippen LogP contribution in [0.25, 0.3) is 0 Å². The highest BCUT2D eigenvalue weighted by Gasteiger charge is 2.14. The van der Waals surface area contributed by atoms with Gasteiger partial charge in [-0.1, -0.05) is 0 Å². The summed E-state index contributed by atoms with van der Waals surface area (Å²) < 4.78 is 5.21. The van der Waals surface area contributed by atoms with Gasteiger partial charge in [0.15, 0.2) is 0 Å². The molecule has 13 heteroatoms. The fourth-order valence-electron chi connectivity index (χ4n) is 2.37. The molecule has 0 aliphatic carbocycles. The molecular formula is C18H22ClN7O5. The molecule has 2 aromatic heterocycles. The molecule has 0 saturated carbocycles. The number of hydrogen-bond acceptors (Lipinski definition) is 9. The summed E-state index contributed by atoms with van der Waals surface area (Å²) in [5.74, 6) is 0.106. The van der Waals surface area contributed by atoms with Gasteiger partial charge in [-0.3, -0.25) is 24.6 Å². The van der Waals surface area contributed by atoms with Gasteiger partial charge in [0, 0.05) is 19.2 Å². The van der Waals surface area contributed by atoms with Gasteiger partial charge in [-0.05, 0) is 18.2 Å². The molecule has 3 rings (SSSR count). The number of nitrogens with one attached hydrogen (secondary N) is 2. The molecule has 4 N–H and O–H groups in total. The minimum Gasteiger partial charge on any atom is -0.397 e. The van der Waals surface area contributed by atoms with Crippen LogP contribution in [-0.4, -0.2) is 70.3 Å². The van der Waals surface area contributed by atoms with Crippen molar-refractivity contribution in [2.45, 2.75) is 0 Å². The smallest absolute Gasteiger partial charge is 0.287 e. The number of hydrogen-bond donors (Lipinski definition) is 3. The first-order valence-electron chi connectivity index (χ1n) is 9.15. The molecule has 3 heterocycles. The number of carbonyl (C=O) groups is 2. The SMILES string of the molecule is Nc1ccc(NC(=O)CN2CCOCC2)nc1.O=C(CCl)Nc1ccc([N+](=O)[O-])cn1. The lowest BCUT2D eigenvalue weighted by Gasteiger charge is -2.25. The first kappa shape index (κ1) is 23.9. The zero-order valence-corrected chi connectivity index (χ0v) is 17.2. The fourth-order valence-corrected chi connectivity index (χ4v) is 2.44. The highest BCUT2D eigenvalue weighted by Crippen LogP contribution is 2.11. The molecule has 0 atom stereocenters. The van der Waals surface area contributed by atoms with Crippen molar-refractivity contribution in [1.82, 2.24) is 14.9 Å². The van der Waals surface area contributed by atoms with Gasteiger partial charge in [0.2, 0.25) is 11.8 Å². The molecule has 12 nitrogen and oxygen atoms in total. The van der Waals surface area contributed by atoms with Gasteiger partial charge >= 0.3 is 0 Å². The lowest BCUT2D eigenvalue weighted by molar-refractivity contribution is -0.385. The summed E-state index contributed by atoms with van der Waals surface area (Å²) in [4.78, 5) is 41.9. The summed E-state index contributed by atoms with van der Waals surface area (Å²) in [6.07, 6.45) is 2.58. The second-order valence-electron chi connectivity index (χ2n) is 6.25. The summed E-state index contributed by atoms with van der Waals surface area (Å²) in [5.41, 5.74) is 5.96. The highest BCUT2D eigenvalue weighted by molar-refractivity contribution is 6.29. The Labute approximate surface area is 182 Å². The van der Waals surface area contributed by atoms with Crippen LogP contribution < -0.4 is 16.4 Å². The number of nitrogens with zero attached hydrogens (tertiary/aromatic N) is 4. The zero-order chi connectivity index (χ0) is 22.6. The molecule has 2 amide bonds. The van der Waals surface area contributed by atoms with Gasteiger partial charge in [0.05, 0.1) is 36.6 Å². The third-order valence-electron chi connectivity index (χ3n) is 3.87. The van der Waals surface area contributed by atoms with Crippen LogP contribution in [0.1, 0.15) is 0 Å². The lowest BCUT2D eigenvalue weighted by Crippen LogP contribution is -2.41. The number of pyridine rings is 2. The summed E-state index contributed by atoms with van der Waals surface area (Å²) in [6, 6.07) is 5.98. The largest absolute Gasteiger partial charge is 0.397 e. The Morgan fingerprint density at radius 2 is 1.71 bits per heavy atom. The van der Waals surface area contributed by atoms with Crippen molar-refractivity contribution in [1.29, 1.82) is 0 Å². The van der Waals surface area contributed by atoms with Crippen LogP contribution in [0, 0.1) is 10.1 Å². The molecule has 1 aliphatic heterocycles. The summed E-state index contributed by atoms with van der Waals surface area (Å²) >= 11 is 5.24. The Morgan fingerprint density at radius 1 is 1.10 bits per heavy atom. The van der Waals surface area contributed by atoms with Crippen LogP contribution in [0.5, 0.6) is 0 Å². The van der Waals surface area contributed by atoms with Crippen molar-refractivity contribution in [2.75, 3.05) is 55.1 Å². The normalized spacial score (nSPS) is 13.5. The van der Waals surface area contributed by atoms with E-state index in [1.165, 1.54) is 18.3 Å².